The highest BCUT2D eigenvalue weighted by Crippen LogP contribution is 2.37. The lowest BCUT2D eigenvalue weighted by Crippen LogP contribution is -2.43. The van der Waals surface area contributed by atoms with Gasteiger partial charge in [-0.15, -0.1) is 11.3 Å². The van der Waals surface area contributed by atoms with Crippen LogP contribution in [0.3, 0.4) is 0 Å². The van der Waals surface area contributed by atoms with Crippen LogP contribution in [0.2, 0.25) is 0 Å². The van der Waals surface area contributed by atoms with E-state index in [4.69, 9.17) is 9.97 Å². The second-order valence-corrected chi connectivity index (χ2v) is 13.1. The zero-order valence-corrected chi connectivity index (χ0v) is 25.7. The zero-order valence-electron chi connectivity index (χ0n) is 24.9. The van der Waals surface area contributed by atoms with Crippen molar-refractivity contribution in [3.63, 3.8) is 0 Å². The Hall–Kier alpha value is -2.81. The van der Waals surface area contributed by atoms with Crippen LogP contribution in [0.25, 0.3) is 10.4 Å². The van der Waals surface area contributed by atoms with Gasteiger partial charge in [0.25, 0.3) is 0 Å². The Kier molecular flexibility index (Phi) is 8.88. The SMILES string of the molecule is Cc1nc2c(c(N[C@H](C)c3ccc(-c4ccccc4CN(C)C)s3)n1)CN(C1CCC(C(=O)N(C)C)CC1)CC2. The first-order valence-electron chi connectivity index (χ1n) is 14.6. The summed E-state index contributed by atoms with van der Waals surface area (Å²) in [4.78, 5) is 31.4. The molecule has 5 rings (SSSR count). The standard InChI is InChI=1S/C32H44N6OS/c1-21(29-15-16-30(40-29)26-10-8-7-9-24(26)19-36(3)4)33-31-27-20-38(18-17-28(27)34-22(2)35-31)25-13-11-23(12-14-25)32(39)37(5)6/h7-10,15-16,21,23,25H,11-14,17-20H2,1-6H3,(H,33,34,35)/t21-,23?,25?/m1/s1. The molecule has 1 saturated carbocycles. The summed E-state index contributed by atoms with van der Waals surface area (Å²) < 4.78 is 0. The van der Waals surface area contributed by atoms with Crippen LogP contribution < -0.4 is 5.32 Å². The second-order valence-electron chi connectivity index (χ2n) is 12.0. The third-order valence-corrected chi connectivity index (χ3v) is 9.68. The van der Waals surface area contributed by atoms with Crippen LogP contribution in [0, 0.1) is 12.8 Å². The fourth-order valence-electron chi connectivity index (χ4n) is 6.29. The van der Waals surface area contributed by atoms with Crippen LogP contribution in [0.5, 0.6) is 0 Å². The molecule has 214 valence electrons. The third kappa shape index (κ3) is 6.40. The van der Waals surface area contributed by atoms with Gasteiger partial charge in [0.05, 0.1) is 11.7 Å². The fourth-order valence-corrected chi connectivity index (χ4v) is 7.36. The summed E-state index contributed by atoms with van der Waals surface area (Å²) in [5, 5.41) is 3.77. The molecule has 1 amide bonds. The Morgan fingerprint density at radius 1 is 1.07 bits per heavy atom. The number of amides is 1. The van der Waals surface area contributed by atoms with Gasteiger partial charge in [-0.25, -0.2) is 9.97 Å². The number of benzene rings is 1. The minimum absolute atomic E-state index is 0.140. The summed E-state index contributed by atoms with van der Waals surface area (Å²) in [5.74, 6) is 2.26. The molecule has 0 spiro atoms. The van der Waals surface area contributed by atoms with Crippen molar-refractivity contribution in [2.45, 2.75) is 71.1 Å². The van der Waals surface area contributed by atoms with E-state index in [-0.39, 0.29) is 17.9 Å². The molecule has 0 radical (unpaired) electrons. The van der Waals surface area contributed by atoms with Gasteiger partial charge in [0, 0.05) is 67.4 Å². The van der Waals surface area contributed by atoms with Crippen molar-refractivity contribution in [1.82, 2.24) is 24.7 Å². The van der Waals surface area contributed by atoms with Gasteiger partial charge < -0.3 is 15.1 Å². The van der Waals surface area contributed by atoms with E-state index in [1.807, 2.05) is 32.4 Å². The molecule has 1 aliphatic carbocycles. The maximum atomic E-state index is 12.5. The first kappa shape index (κ1) is 28.7. The van der Waals surface area contributed by atoms with Gasteiger partial charge in [0.15, 0.2) is 0 Å². The van der Waals surface area contributed by atoms with E-state index in [2.05, 4.69) is 72.5 Å². The Balaban J connectivity index is 1.30. The molecule has 1 atom stereocenters. The van der Waals surface area contributed by atoms with Crippen molar-refractivity contribution in [1.29, 1.82) is 0 Å². The molecular weight excluding hydrogens is 516 g/mol. The number of nitrogens with one attached hydrogen (secondary N) is 1. The molecule has 1 fully saturated rings. The van der Waals surface area contributed by atoms with Crippen LogP contribution in [0.15, 0.2) is 36.4 Å². The minimum Gasteiger partial charge on any atom is -0.362 e. The number of carbonyl (C=O) groups excluding carboxylic acids is 1. The third-order valence-electron chi connectivity index (χ3n) is 8.38. The number of aryl methyl sites for hydroxylation is 1. The van der Waals surface area contributed by atoms with Crippen molar-refractivity contribution >= 4 is 23.1 Å². The average Bonchev–Trinajstić information content (AvgIpc) is 3.43. The van der Waals surface area contributed by atoms with Crippen molar-refractivity contribution in [2.75, 3.05) is 40.1 Å². The lowest BCUT2D eigenvalue weighted by molar-refractivity contribution is -0.134. The molecule has 7 nitrogen and oxygen atoms in total. The van der Waals surface area contributed by atoms with Crippen LogP contribution >= 0.6 is 11.3 Å². The van der Waals surface area contributed by atoms with Crippen molar-refractivity contribution in [3.8, 4) is 10.4 Å². The van der Waals surface area contributed by atoms with Crippen LogP contribution in [0.1, 0.15) is 66.2 Å². The Morgan fingerprint density at radius 3 is 2.55 bits per heavy atom. The normalized spacial score (nSPS) is 20.3. The quantitative estimate of drug-likeness (QED) is 0.378. The molecule has 0 saturated heterocycles. The van der Waals surface area contributed by atoms with Crippen LogP contribution in [0.4, 0.5) is 5.82 Å². The monoisotopic (exact) mass is 560 g/mol. The van der Waals surface area contributed by atoms with E-state index >= 15 is 0 Å². The minimum atomic E-state index is 0.140. The first-order chi connectivity index (χ1) is 19.2. The molecule has 3 heterocycles. The summed E-state index contributed by atoms with van der Waals surface area (Å²) in [6.45, 7) is 7.05. The molecule has 40 heavy (non-hydrogen) atoms. The van der Waals surface area contributed by atoms with Gasteiger partial charge in [-0.3, -0.25) is 9.69 Å². The van der Waals surface area contributed by atoms with E-state index < -0.39 is 0 Å². The number of aromatic nitrogens is 2. The Bertz CT molecular complexity index is 1330. The lowest BCUT2D eigenvalue weighted by Gasteiger charge is -2.39. The molecule has 1 N–H and O–H groups in total. The summed E-state index contributed by atoms with van der Waals surface area (Å²) in [6.07, 6.45) is 5.08. The van der Waals surface area contributed by atoms with Crippen molar-refractivity contribution < 1.29 is 4.79 Å². The number of hydrogen-bond acceptors (Lipinski definition) is 7. The highest BCUT2D eigenvalue weighted by molar-refractivity contribution is 7.15. The molecule has 3 aromatic rings. The molecular formula is C32H44N6OS. The second kappa shape index (κ2) is 12.4. The van der Waals surface area contributed by atoms with Crippen LogP contribution in [-0.2, 0) is 24.3 Å². The summed E-state index contributed by atoms with van der Waals surface area (Å²) in [7, 11) is 7.97. The first-order valence-corrected chi connectivity index (χ1v) is 15.4. The number of fused-ring (bicyclic) bond motifs is 1. The maximum Gasteiger partial charge on any atom is 0.225 e. The van der Waals surface area contributed by atoms with E-state index in [9.17, 15) is 4.79 Å². The van der Waals surface area contributed by atoms with Gasteiger partial charge in [-0.1, -0.05) is 24.3 Å². The molecule has 1 aromatic carbocycles. The van der Waals surface area contributed by atoms with Gasteiger partial charge in [0.1, 0.15) is 11.6 Å². The topological polar surface area (TPSA) is 64.6 Å². The van der Waals surface area contributed by atoms with Crippen molar-refractivity contribution in [2.24, 2.45) is 5.92 Å². The fraction of sp³-hybridized carbons (Fsp3) is 0.531. The molecule has 1 aliphatic heterocycles. The number of rotatable bonds is 8. The highest BCUT2D eigenvalue weighted by Gasteiger charge is 2.33. The van der Waals surface area contributed by atoms with Crippen molar-refractivity contribution in [3.05, 3.63) is 63.9 Å². The molecule has 2 aromatic heterocycles. The maximum absolute atomic E-state index is 12.5. The predicted octanol–water partition coefficient (Wildman–Crippen LogP) is 5.75. The number of hydrogen-bond donors (Lipinski definition) is 1. The number of anilines is 1. The lowest BCUT2D eigenvalue weighted by atomic mass is 9.84. The number of nitrogens with zero attached hydrogens (tertiary/aromatic N) is 5. The molecule has 2 aliphatic rings. The summed E-state index contributed by atoms with van der Waals surface area (Å²) >= 11 is 1.86. The Labute approximate surface area is 243 Å². The van der Waals surface area contributed by atoms with Gasteiger partial charge in [0.2, 0.25) is 5.91 Å². The van der Waals surface area contributed by atoms with E-state index in [0.29, 0.717) is 6.04 Å². The van der Waals surface area contributed by atoms with Gasteiger partial charge in [-0.05, 0) is 76.9 Å². The number of thiophene rings is 1. The highest BCUT2D eigenvalue weighted by atomic mass is 32.1. The van der Waals surface area contributed by atoms with E-state index in [1.54, 1.807) is 4.90 Å². The Morgan fingerprint density at radius 2 is 1.82 bits per heavy atom. The van der Waals surface area contributed by atoms with E-state index in [0.717, 1.165) is 63.4 Å². The van der Waals surface area contributed by atoms with E-state index in [1.165, 1.54) is 32.1 Å². The summed E-state index contributed by atoms with van der Waals surface area (Å²) in [5.41, 5.74) is 5.08. The summed E-state index contributed by atoms with van der Waals surface area (Å²) in [6, 6.07) is 13.9. The van der Waals surface area contributed by atoms with Gasteiger partial charge in [-0.2, -0.15) is 0 Å². The van der Waals surface area contributed by atoms with Gasteiger partial charge >= 0.3 is 0 Å². The van der Waals surface area contributed by atoms with Crippen LogP contribution in [-0.4, -0.2) is 71.4 Å². The largest absolute Gasteiger partial charge is 0.362 e. The molecule has 0 unspecified atom stereocenters. The average molecular weight is 561 g/mol. The zero-order chi connectivity index (χ0) is 28.4. The number of carbonyl (C=O) groups is 1. The smallest absolute Gasteiger partial charge is 0.225 e. The predicted molar refractivity (Wildman–Crippen MR) is 165 cm³/mol. The molecule has 8 heteroatoms. The molecule has 0 bridgehead atoms.